The molecular formula is C13H22N2O2S. The van der Waals surface area contributed by atoms with Gasteiger partial charge in [-0.05, 0) is 39.0 Å². The molecule has 0 saturated heterocycles. The van der Waals surface area contributed by atoms with Crippen LogP contribution < -0.4 is 10.6 Å². The predicted molar refractivity (Wildman–Crippen MR) is 77.7 cm³/mol. The van der Waals surface area contributed by atoms with Gasteiger partial charge in [0.1, 0.15) is 0 Å². The van der Waals surface area contributed by atoms with Gasteiger partial charge < -0.3 is 10.6 Å². The number of nitrogen functional groups attached to an aromatic ring is 1. The summed E-state index contributed by atoms with van der Waals surface area (Å²) in [6.45, 7) is 5.64. The maximum atomic E-state index is 12.0. The third kappa shape index (κ3) is 3.63. The number of nitrogens with two attached hydrogens (primary N) is 1. The van der Waals surface area contributed by atoms with E-state index in [1.165, 1.54) is 0 Å². The molecule has 1 rings (SSSR count). The third-order valence-electron chi connectivity index (χ3n) is 2.94. The van der Waals surface area contributed by atoms with E-state index in [9.17, 15) is 8.42 Å². The van der Waals surface area contributed by atoms with Crippen LogP contribution in [-0.4, -0.2) is 32.5 Å². The van der Waals surface area contributed by atoms with Gasteiger partial charge in [0.2, 0.25) is 0 Å². The molecule has 0 spiro atoms. The van der Waals surface area contributed by atoms with E-state index in [0.717, 1.165) is 5.69 Å². The number of hydrogen-bond acceptors (Lipinski definition) is 4. The second kappa shape index (κ2) is 5.18. The van der Waals surface area contributed by atoms with Crippen molar-refractivity contribution in [3.05, 3.63) is 24.3 Å². The number of hydrogen-bond donors (Lipinski definition) is 1. The third-order valence-corrected chi connectivity index (χ3v) is 5.53. The number of anilines is 2. The molecular weight excluding hydrogens is 248 g/mol. The second-order valence-corrected chi connectivity index (χ2v) is 8.31. The Hall–Kier alpha value is -1.23. The predicted octanol–water partition coefficient (Wildman–Crippen LogP) is 1.92. The highest BCUT2D eigenvalue weighted by Gasteiger charge is 2.28. The lowest BCUT2D eigenvalue weighted by Crippen LogP contribution is -2.35. The largest absolute Gasteiger partial charge is 0.399 e. The molecule has 5 heteroatoms. The van der Waals surface area contributed by atoms with Gasteiger partial charge in [0, 0.05) is 25.0 Å². The molecule has 0 aliphatic carbocycles. The van der Waals surface area contributed by atoms with E-state index in [1.807, 2.05) is 36.2 Å². The molecule has 0 aromatic heterocycles. The van der Waals surface area contributed by atoms with E-state index in [1.54, 1.807) is 20.8 Å². The average Bonchev–Trinajstić information content (AvgIpc) is 2.24. The maximum absolute atomic E-state index is 12.0. The van der Waals surface area contributed by atoms with Crippen LogP contribution >= 0.6 is 0 Å². The molecule has 1 aromatic carbocycles. The standard InChI is InChI=1S/C13H22N2O2S/c1-13(2,3)18(16,17)9-8-15(4)12-7-5-6-11(14)10-12/h5-7,10H,8-9,14H2,1-4H3. The number of benzene rings is 1. The van der Waals surface area contributed by atoms with Crippen LogP contribution in [0, 0.1) is 0 Å². The molecule has 0 unspecified atom stereocenters. The Balaban J connectivity index is 2.71. The molecule has 0 radical (unpaired) electrons. The molecule has 0 atom stereocenters. The Kier molecular flexibility index (Phi) is 4.27. The van der Waals surface area contributed by atoms with E-state index in [2.05, 4.69) is 0 Å². The zero-order valence-electron chi connectivity index (χ0n) is 11.5. The molecule has 1 aromatic rings. The van der Waals surface area contributed by atoms with Crippen molar-refractivity contribution in [1.82, 2.24) is 0 Å². The van der Waals surface area contributed by atoms with E-state index in [4.69, 9.17) is 5.73 Å². The minimum atomic E-state index is -3.08. The highest BCUT2D eigenvalue weighted by atomic mass is 32.2. The zero-order chi connectivity index (χ0) is 14.0. The summed E-state index contributed by atoms with van der Waals surface area (Å²) >= 11 is 0. The van der Waals surface area contributed by atoms with Gasteiger partial charge in [0.25, 0.3) is 0 Å². The van der Waals surface area contributed by atoms with Crippen LogP contribution in [0.3, 0.4) is 0 Å². The Bertz CT molecular complexity index is 504. The van der Waals surface area contributed by atoms with Crippen molar-refractivity contribution in [3.63, 3.8) is 0 Å². The van der Waals surface area contributed by atoms with Gasteiger partial charge in [0.05, 0.1) is 10.5 Å². The van der Waals surface area contributed by atoms with Gasteiger partial charge >= 0.3 is 0 Å². The van der Waals surface area contributed by atoms with Crippen molar-refractivity contribution >= 4 is 21.2 Å². The van der Waals surface area contributed by atoms with E-state index in [-0.39, 0.29) is 5.75 Å². The lowest BCUT2D eigenvalue weighted by molar-refractivity contribution is 0.559. The molecule has 2 N–H and O–H groups in total. The topological polar surface area (TPSA) is 63.4 Å². The van der Waals surface area contributed by atoms with E-state index >= 15 is 0 Å². The van der Waals surface area contributed by atoms with E-state index in [0.29, 0.717) is 12.2 Å². The SMILES string of the molecule is CN(CCS(=O)(=O)C(C)(C)C)c1cccc(N)c1. The summed E-state index contributed by atoms with van der Waals surface area (Å²) in [5, 5.41) is 0. The first-order valence-electron chi connectivity index (χ1n) is 5.92. The smallest absolute Gasteiger partial charge is 0.156 e. The van der Waals surface area contributed by atoms with Crippen LogP contribution in [0.1, 0.15) is 20.8 Å². The molecule has 0 aliphatic rings. The number of nitrogens with zero attached hydrogens (tertiary/aromatic N) is 1. The van der Waals surface area contributed by atoms with Crippen molar-refractivity contribution < 1.29 is 8.42 Å². The van der Waals surface area contributed by atoms with Gasteiger partial charge in [-0.1, -0.05) is 6.07 Å². The maximum Gasteiger partial charge on any atom is 0.156 e. The van der Waals surface area contributed by atoms with Crippen molar-refractivity contribution in [2.75, 3.05) is 30.0 Å². The van der Waals surface area contributed by atoms with Crippen LogP contribution in [0.2, 0.25) is 0 Å². The van der Waals surface area contributed by atoms with Crippen LogP contribution in [0.5, 0.6) is 0 Å². The van der Waals surface area contributed by atoms with Crippen LogP contribution in [0.4, 0.5) is 11.4 Å². The summed E-state index contributed by atoms with van der Waals surface area (Å²) in [6, 6.07) is 7.42. The highest BCUT2D eigenvalue weighted by molar-refractivity contribution is 7.92. The summed E-state index contributed by atoms with van der Waals surface area (Å²) in [7, 11) is -1.22. The van der Waals surface area contributed by atoms with E-state index < -0.39 is 14.6 Å². The fourth-order valence-electron chi connectivity index (χ4n) is 1.45. The van der Waals surface area contributed by atoms with Crippen LogP contribution in [0.15, 0.2) is 24.3 Å². The van der Waals surface area contributed by atoms with Crippen LogP contribution in [0.25, 0.3) is 0 Å². The lowest BCUT2D eigenvalue weighted by atomic mass is 10.2. The molecule has 0 saturated carbocycles. The van der Waals surface area contributed by atoms with Crippen molar-refractivity contribution in [1.29, 1.82) is 0 Å². The first kappa shape index (κ1) is 14.8. The minimum Gasteiger partial charge on any atom is -0.399 e. The molecule has 0 bridgehead atoms. The fourth-order valence-corrected chi connectivity index (χ4v) is 2.58. The van der Waals surface area contributed by atoms with Crippen LogP contribution in [-0.2, 0) is 9.84 Å². The number of rotatable bonds is 4. The zero-order valence-corrected chi connectivity index (χ0v) is 12.3. The summed E-state index contributed by atoms with van der Waals surface area (Å²) in [6.07, 6.45) is 0. The molecule has 0 aliphatic heterocycles. The molecule has 18 heavy (non-hydrogen) atoms. The molecule has 0 fully saturated rings. The molecule has 0 heterocycles. The molecule has 4 nitrogen and oxygen atoms in total. The van der Waals surface area contributed by atoms with Gasteiger partial charge in [-0.15, -0.1) is 0 Å². The van der Waals surface area contributed by atoms with Gasteiger partial charge in [0.15, 0.2) is 9.84 Å². The average molecular weight is 270 g/mol. The van der Waals surface area contributed by atoms with Gasteiger partial charge in [-0.3, -0.25) is 0 Å². The molecule has 0 amide bonds. The summed E-state index contributed by atoms with van der Waals surface area (Å²) in [4.78, 5) is 1.90. The van der Waals surface area contributed by atoms with Gasteiger partial charge in [-0.25, -0.2) is 8.42 Å². The highest BCUT2D eigenvalue weighted by Crippen LogP contribution is 2.19. The van der Waals surface area contributed by atoms with Crippen molar-refractivity contribution in [2.24, 2.45) is 0 Å². The monoisotopic (exact) mass is 270 g/mol. The lowest BCUT2D eigenvalue weighted by Gasteiger charge is -2.23. The summed E-state index contributed by atoms with van der Waals surface area (Å²) < 4.78 is 23.3. The normalized spacial score (nSPS) is 12.4. The summed E-state index contributed by atoms with van der Waals surface area (Å²) in [5.74, 6) is 0.141. The Morgan fingerprint density at radius 1 is 1.28 bits per heavy atom. The summed E-state index contributed by atoms with van der Waals surface area (Å²) in [5.41, 5.74) is 7.31. The van der Waals surface area contributed by atoms with Gasteiger partial charge in [-0.2, -0.15) is 0 Å². The Morgan fingerprint density at radius 3 is 2.39 bits per heavy atom. The second-order valence-electron chi connectivity index (χ2n) is 5.45. The first-order valence-corrected chi connectivity index (χ1v) is 7.58. The molecule has 102 valence electrons. The van der Waals surface area contributed by atoms with Crippen molar-refractivity contribution in [3.8, 4) is 0 Å². The Labute approximate surface area is 110 Å². The van der Waals surface area contributed by atoms with Crippen molar-refractivity contribution in [2.45, 2.75) is 25.5 Å². The first-order chi connectivity index (χ1) is 8.13. The Morgan fingerprint density at radius 2 is 1.89 bits per heavy atom. The quantitative estimate of drug-likeness (QED) is 0.849. The number of sulfone groups is 1. The minimum absolute atomic E-state index is 0.141. The fraction of sp³-hybridized carbons (Fsp3) is 0.538.